The standard InChI is InChI=1S/C23H16FNO3/c24-17-13-11-15(12-14-17)20-19(21(26)16-7-3-1-4-8-16)22(27)23(28)25(20)18-9-5-2-6-10-18/h1-14,20,26H/t20-/m1/s1. The third kappa shape index (κ3) is 2.97. The Morgan fingerprint density at radius 1 is 0.821 bits per heavy atom. The SMILES string of the molecule is O=C1C(=O)N(c2ccccc2)[C@H](c2ccc(F)cc2)C1=C(O)c1ccccc1. The molecule has 0 aromatic heterocycles. The molecule has 1 fully saturated rings. The molecule has 1 amide bonds. The zero-order chi connectivity index (χ0) is 19.7. The molecule has 1 heterocycles. The van der Waals surface area contributed by atoms with Crippen LogP contribution in [0.3, 0.4) is 0 Å². The number of carbonyl (C=O) groups excluding carboxylic acids is 2. The number of anilines is 1. The summed E-state index contributed by atoms with van der Waals surface area (Å²) < 4.78 is 13.5. The number of halogens is 1. The van der Waals surface area contributed by atoms with Gasteiger partial charge in [-0.15, -0.1) is 0 Å². The van der Waals surface area contributed by atoms with Crippen molar-refractivity contribution in [2.75, 3.05) is 4.90 Å². The molecule has 5 heteroatoms. The molecule has 28 heavy (non-hydrogen) atoms. The van der Waals surface area contributed by atoms with Crippen LogP contribution in [-0.4, -0.2) is 16.8 Å². The first-order valence-electron chi connectivity index (χ1n) is 8.75. The number of carbonyl (C=O) groups is 2. The van der Waals surface area contributed by atoms with Crippen molar-refractivity contribution in [2.24, 2.45) is 0 Å². The van der Waals surface area contributed by atoms with Crippen molar-refractivity contribution in [3.63, 3.8) is 0 Å². The number of ketones is 1. The molecule has 1 saturated heterocycles. The average molecular weight is 373 g/mol. The first-order valence-corrected chi connectivity index (χ1v) is 8.75. The first-order chi connectivity index (χ1) is 13.6. The van der Waals surface area contributed by atoms with Crippen LogP contribution in [0, 0.1) is 5.82 Å². The highest BCUT2D eigenvalue weighted by atomic mass is 19.1. The molecule has 0 radical (unpaired) electrons. The van der Waals surface area contributed by atoms with Crippen molar-refractivity contribution in [1.82, 2.24) is 0 Å². The van der Waals surface area contributed by atoms with Crippen LogP contribution in [0.4, 0.5) is 10.1 Å². The van der Waals surface area contributed by atoms with Crippen LogP contribution in [0.1, 0.15) is 17.2 Å². The molecule has 1 aliphatic heterocycles. The molecule has 1 atom stereocenters. The number of aliphatic hydroxyl groups excluding tert-OH is 1. The largest absolute Gasteiger partial charge is 0.507 e. The van der Waals surface area contributed by atoms with E-state index < -0.39 is 23.5 Å². The number of aliphatic hydroxyl groups is 1. The molecule has 0 spiro atoms. The van der Waals surface area contributed by atoms with Gasteiger partial charge in [-0.25, -0.2) is 4.39 Å². The van der Waals surface area contributed by atoms with Gasteiger partial charge in [-0.05, 0) is 29.8 Å². The minimum Gasteiger partial charge on any atom is -0.507 e. The molecule has 0 unspecified atom stereocenters. The van der Waals surface area contributed by atoms with Crippen molar-refractivity contribution in [3.05, 3.63) is 107 Å². The van der Waals surface area contributed by atoms with Gasteiger partial charge >= 0.3 is 0 Å². The van der Waals surface area contributed by atoms with Gasteiger partial charge in [0.05, 0.1) is 11.6 Å². The highest BCUT2D eigenvalue weighted by molar-refractivity contribution is 6.51. The minimum atomic E-state index is -0.858. The van der Waals surface area contributed by atoms with Crippen LogP contribution >= 0.6 is 0 Å². The lowest BCUT2D eigenvalue weighted by Gasteiger charge is -2.25. The summed E-state index contributed by atoms with van der Waals surface area (Å²) in [5.74, 6) is -2.20. The van der Waals surface area contributed by atoms with E-state index in [0.717, 1.165) is 0 Å². The summed E-state index contributed by atoms with van der Waals surface area (Å²) >= 11 is 0. The van der Waals surface area contributed by atoms with Gasteiger partial charge in [0.15, 0.2) is 0 Å². The first kappa shape index (κ1) is 17.7. The van der Waals surface area contributed by atoms with E-state index >= 15 is 0 Å². The van der Waals surface area contributed by atoms with Crippen LogP contribution in [0.2, 0.25) is 0 Å². The number of benzene rings is 3. The average Bonchev–Trinajstić information content (AvgIpc) is 3.00. The maximum atomic E-state index is 13.5. The van der Waals surface area contributed by atoms with Gasteiger partial charge in [0.2, 0.25) is 0 Å². The zero-order valence-electron chi connectivity index (χ0n) is 14.7. The van der Waals surface area contributed by atoms with Crippen molar-refractivity contribution in [2.45, 2.75) is 6.04 Å². The Morgan fingerprint density at radius 2 is 1.39 bits per heavy atom. The summed E-state index contributed by atoms with van der Waals surface area (Å²) in [6.07, 6.45) is 0. The van der Waals surface area contributed by atoms with Crippen molar-refractivity contribution in [3.8, 4) is 0 Å². The van der Waals surface area contributed by atoms with Gasteiger partial charge in [0.1, 0.15) is 11.6 Å². The fourth-order valence-corrected chi connectivity index (χ4v) is 3.40. The molecule has 4 nitrogen and oxygen atoms in total. The van der Waals surface area contributed by atoms with Gasteiger partial charge in [0.25, 0.3) is 11.7 Å². The van der Waals surface area contributed by atoms with Crippen LogP contribution in [0.15, 0.2) is 90.5 Å². The third-order valence-electron chi connectivity index (χ3n) is 4.71. The Kier molecular flexibility index (Phi) is 4.49. The van der Waals surface area contributed by atoms with E-state index in [4.69, 9.17) is 0 Å². The smallest absolute Gasteiger partial charge is 0.300 e. The normalized spacial score (nSPS) is 18.5. The monoisotopic (exact) mass is 373 g/mol. The van der Waals surface area contributed by atoms with Crippen molar-refractivity contribution >= 4 is 23.1 Å². The lowest BCUT2D eigenvalue weighted by atomic mass is 9.95. The highest BCUT2D eigenvalue weighted by Crippen LogP contribution is 2.41. The Balaban J connectivity index is 1.95. The van der Waals surface area contributed by atoms with Crippen LogP contribution in [-0.2, 0) is 9.59 Å². The van der Waals surface area contributed by atoms with Crippen molar-refractivity contribution < 1.29 is 19.1 Å². The predicted molar refractivity (Wildman–Crippen MR) is 104 cm³/mol. The summed E-state index contributed by atoms with van der Waals surface area (Å²) in [5, 5.41) is 10.9. The molecule has 0 bridgehead atoms. The number of amides is 1. The van der Waals surface area contributed by atoms with Crippen LogP contribution in [0.25, 0.3) is 5.76 Å². The quantitative estimate of drug-likeness (QED) is 0.419. The van der Waals surface area contributed by atoms with E-state index in [2.05, 4.69) is 0 Å². The van der Waals surface area contributed by atoms with E-state index in [1.54, 1.807) is 60.7 Å². The summed E-state index contributed by atoms with van der Waals surface area (Å²) in [6.45, 7) is 0. The van der Waals surface area contributed by atoms with Gasteiger partial charge in [-0.2, -0.15) is 0 Å². The Morgan fingerprint density at radius 3 is 2.00 bits per heavy atom. The van der Waals surface area contributed by atoms with E-state index in [9.17, 15) is 19.1 Å². The predicted octanol–water partition coefficient (Wildman–Crippen LogP) is 4.45. The molecule has 0 aliphatic carbocycles. The van der Waals surface area contributed by atoms with Gasteiger partial charge in [0, 0.05) is 11.3 Å². The van der Waals surface area contributed by atoms with Crippen LogP contribution in [0.5, 0.6) is 0 Å². The zero-order valence-corrected chi connectivity index (χ0v) is 14.7. The topological polar surface area (TPSA) is 57.6 Å². The molecule has 1 N–H and O–H groups in total. The molecular formula is C23H16FNO3. The maximum absolute atomic E-state index is 13.5. The second kappa shape index (κ2) is 7.12. The number of nitrogens with zero attached hydrogens (tertiary/aromatic N) is 1. The second-order valence-corrected chi connectivity index (χ2v) is 6.42. The van der Waals surface area contributed by atoms with Crippen LogP contribution < -0.4 is 4.90 Å². The number of hydrogen-bond donors (Lipinski definition) is 1. The van der Waals surface area contributed by atoms with E-state index in [0.29, 0.717) is 16.8 Å². The Bertz CT molecular complexity index is 1060. The fourth-order valence-electron chi connectivity index (χ4n) is 3.40. The molecule has 138 valence electrons. The fraction of sp³-hybridized carbons (Fsp3) is 0.0435. The molecule has 3 aromatic rings. The molecule has 1 aliphatic rings. The Labute approximate surface area is 161 Å². The number of hydrogen-bond acceptors (Lipinski definition) is 3. The molecule has 0 saturated carbocycles. The Hall–Kier alpha value is -3.73. The third-order valence-corrected chi connectivity index (χ3v) is 4.71. The van der Waals surface area contributed by atoms with Gasteiger partial charge in [-0.3, -0.25) is 14.5 Å². The summed E-state index contributed by atoms with van der Waals surface area (Å²) in [4.78, 5) is 27.1. The van der Waals surface area contributed by atoms with E-state index in [1.807, 2.05) is 0 Å². The number of rotatable bonds is 3. The molecule has 4 rings (SSSR count). The maximum Gasteiger partial charge on any atom is 0.300 e. The lowest BCUT2D eigenvalue weighted by molar-refractivity contribution is -0.132. The number of Topliss-reactive ketones (excluding diaryl/α,β-unsaturated/α-hetero) is 1. The molecular weight excluding hydrogens is 357 g/mol. The van der Waals surface area contributed by atoms with Gasteiger partial charge in [-0.1, -0.05) is 60.7 Å². The van der Waals surface area contributed by atoms with E-state index in [1.165, 1.54) is 29.2 Å². The number of para-hydroxylation sites is 1. The van der Waals surface area contributed by atoms with E-state index in [-0.39, 0.29) is 11.3 Å². The molecule has 3 aromatic carbocycles. The lowest BCUT2D eigenvalue weighted by Crippen LogP contribution is -2.29. The summed E-state index contributed by atoms with van der Waals surface area (Å²) in [7, 11) is 0. The summed E-state index contributed by atoms with van der Waals surface area (Å²) in [6, 6.07) is 22.0. The summed E-state index contributed by atoms with van der Waals surface area (Å²) in [5.41, 5.74) is 1.46. The highest BCUT2D eigenvalue weighted by Gasteiger charge is 2.46. The second-order valence-electron chi connectivity index (χ2n) is 6.42. The van der Waals surface area contributed by atoms with Gasteiger partial charge < -0.3 is 5.11 Å². The van der Waals surface area contributed by atoms with Crippen molar-refractivity contribution in [1.29, 1.82) is 0 Å². The minimum absolute atomic E-state index is 0.0216.